The van der Waals surface area contributed by atoms with E-state index in [2.05, 4.69) is 15.0 Å². The van der Waals surface area contributed by atoms with E-state index in [0.29, 0.717) is 12.3 Å². The zero-order valence-corrected chi connectivity index (χ0v) is 20.1. The van der Waals surface area contributed by atoms with Gasteiger partial charge in [0.25, 0.3) is 5.60 Å². The lowest BCUT2D eigenvalue weighted by molar-refractivity contribution is -0.376. The van der Waals surface area contributed by atoms with Crippen molar-refractivity contribution in [2.75, 3.05) is 36.8 Å². The van der Waals surface area contributed by atoms with Crippen LogP contribution in [0.1, 0.15) is 5.56 Å². The predicted octanol–water partition coefficient (Wildman–Crippen LogP) is 2.94. The molecule has 204 valence electrons. The normalized spacial score (nSPS) is 16.0. The lowest BCUT2D eigenvalue weighted by Crippen LogP contribution is -2.54. The first-order valence-electron chi connectivity index (χ1n) is 10.9. The van der Waals surface area contributed by atoms with E-state index in [1.54, 1.807) is 0 Å². The molecule has 1 aliphatic heterocycles. The standard InChI is InChI=1S/C22H20F6N6O3S/c23-21(24,25)20(35,22(26,27)28)15-10-17(14-2-1-5-30-11-14)19(32-12-15)33-6-8-34(9-7-33)38(36,37)16-3-4-18(29)31-13-16/h1-5,10-13,35H,6-9H2,(H2,29,31). The SMILES string of the molecule is Nc1ccc(S(=O)(=O)N2CCN(c3ncc(C(O)(C(F)(F)F)C(F)(F)F)cc3-c3cccnc3)CC2)cn1. The molecule has 0 spiro atoms. The molecule has 38 heavy (non-hydrogen) atoms. The minimum absolute atomic E-state index is 0.000326. The number of alkyl halides is 6. The van der Waals surface area contributed by atoms with Crippen LogP contribution in [-0.4, -0.2) is 71.3 Å². The number of nitrogen functional groups attached to an aromatic ring is 1. The second-order valence-electron chi connectivity index (χ2n) is 8.35. The van der Waals surface area contributed by atoms with Gasteiger partial charge < -0.3 is 15.7 Å². The highest BCUT2D eigenvalue weighted by Gasteiger charge is 2.71. The Balaban J connectivity index is 1.70. The van der Waals surface area contributed by atoms with Gasteiger partial charge in [-0.2, -0.15) is 30.6 Å². The second-order valence-corrected chi connectivity index (χ2v) is 10.3. The molecule has 16 heteroatoms. The second kappa shape index (κ2) is 9.67. The van der Waals surface area contributed by atoms with Gasteiger partial charge in [0, 0.05) is 67.7 Å². The largest absolute Gasteiger partial charge is 0.430 e. The molecule has 0 aromatic carbocycles. The molecule has 0 radical (unpaired) electrons. The third-order valence-corrected chi connectivity index (χ3v) is 7.89. The third kappa shape index (κ3) is 4.86. The van der Waals surface area contributed by atoms with Crippen molar-refractivity contribution in [2.45, 2.75) is 22.8 Å². The van der Waals surface area contributed by atoms with Crippen molar-refractivity contribution in [1.29, 1.82) is 0 Å². The molecule has 0 saturated carbocycles. The summed E-state index contributed by atoms with van der Waals surface area (Å²) in [5.41, 5.74) is -1.19. The Hall–Kier alpha value is -3.50. The minimum atomic E-state index is -6.09. The van der Waals surface area contributed by atoms with E-state index in [1.807, 2.05) is 0 Å². The van der Waals surface area contributed by atoms with Crippen molar-refractivity contribution in [3.63, 3.8) is 0 Å². The first-order chi connectivity index (χ1) is 17.7. The molecule has 1 aliphatic rings. The molecule has 4 rings (SSSR count). The molecule has 3 aromatic heterocycles. The van der Waals surface area contributed by atoms with Crippen LogP contribution in [0.3, 0.4) is 0 Å². The fraction of sp³-hybridized carbons (Fsp3) is 0.318. The highest BCUT2D eigenvalue weighted by Crippen LogP contribution is 2.51. The molecule has 0 atom stereocenters. The number of rotatable bonds is 5. The highest BCUT2D eigenvalue weighted by molar-refractivity contribution is 7.89. The van der Waals surface area contributed by atoms with Crippen molar-refractivity contribution in [3.8, 4) is 11.1 Å². The van der Waals surface area contributed by atoms with E-state index in [1.165, 1.54) is 45.9 Å². The van der Waals surface area contributed by atoms with Gasteiger partial charge in [0.2, 0.25) is 10.0 Å². The van der Waals surface area contributed by atoms with E-state index < -0.39 is 33.5 Å². The number of pyridine rings is 3. The lowest BCUT2D eigenvalue weighted by atomic mass is 9.91. The van der Waals surface area contributed by atoms with Crippen LogP contribution in [0.25, 0.3) is 11.1 Å². The Kier molecular flexibility index (Phi) is 7.00. The zero-order chi connectivity index (χ0) is 27.9. The van der Waals surface area contributed by atoms with Crippen LogP contribution in [-0.2, 0) is 15.6 Å². The summed E-state index contributed by atoms with van der Waals surface area (Å²) in [6.07, 6.45) is -8.16. The van der Waals surface area contributed by atoms with Crippen LogP contribution in [0.15, 0.2) is 60.0 Å². The Labute approximate surface area is 212 Å². The van der Waals surface area contributed by atoms with Gasteiger partial charge in [0.15, 0.2) is 0 Å². The fourth-order valence-electron chi connectivity index (χ4n) is 3.96. The van der Waals surface area contributed by atoms with Gasteiger partial charge in [-0.3, -0.25) is 4.98 Å². The maximum Gasteiger partial charge on any atom is 0.430 e. The lowest BCUT2D eigenvalue weighted by Gasteiger charge is -2.36. The highest BCUT2D eigenvalue weighted by atomic mass is 32.2. The minimum Gasteiger partial charge on any atom is -0.384 e. The number of hydrogen-bond donors (Lipinski definition) is 2. The number of aromatic nitrogens is 3. The molecular weight excluding hydrogens is 542 g/mol. The Morgan fingerprint density at radius 1 is 0.895 bits per heavy atom. The van der Waals surface area contributed by atoms with Crippen molar-refractivity contribution in [2.24, 2.45) is 0 Å². The molecular formula is C22H20F6N6O3S. The maximum atomic E-state index is 13.5. The molecule has 0 unspecified atom stereocenters. The molecule has 4 heterocycles. The molecule has 0 bridgehead atoms. The summed E-state index contributed by atoms with van der Waals surface area (Å²) >= 11 is 0. The average molecular weight is 562 g/mol. The number of nitrogens with two attached hydrogens (primary N) is 1. The summed E-state index contributed by atoms with van der Waals surface area (Å²) < 4.78 is 108. The van der Waals surface area contributed by atoms with E-state index in [4.69, 9.17) is 5.73 Å². The maximum absolute atomic E-state index is 13.5. The Bertz CT molecular complexity index is 1380. The number of halogens is 6. The van der Waals surface area contributed by atoms with Crippen LogP contribution in [0.5, 0.6) is 0 Å². The average Bonchev–Trinajstić information content (AvgIpc) is 2.87. The fourth-order valence-corrected chi connectivity index (χ4v) is 5.33. The Morgan fingerprint density at radius 3 is 2.08 bits per heavy atom. The van der Waals surface area contributed by atoms with E-state index in [9.17, 15) is 39.9 Å². The van der Waals surface area contributed by atoms with Gasteiger partial charge in [-0.05, 0) is 24.3 Å². The van der Waals surface area contributed by atoms with Gasteiger partial charge in [0.1, 0.15) is 16.5 Å². The molecule has 9 nitrogen and oxygen atoms in total. The van der Waals surface area contributed by atoms with Crippen molar-refractivity contribution in [3.05, 3.63) is 60.7 Å². The van der Waals surface area contributed by atoms with Crippen LogP contribution in [0.4, 0.5) is 38.0 Å². The molecule has 1 fully saturated rings. The molecule has 3 aromatic rings. The summed E-state index contributed by atoms with van der Waals surface area (Å²) in [6.45, 7) is -0.0799. The van der Waals surface area contributed by atoms with Crippen molar-refractivity contribution >= 4 is 21.7 Å². The Morgan fingerprint density at radius 2 is 1.55 bits per heavy atom. The summed E-state index contributed by atoms with van der Waals surface area (Å²) in [6, 6.07) is 6.04. The predicted molar refractivity (Wildman–Crippen MR) is 123 cm³/mol. The quantitative estimate of drug-likeness (QED) is 0.455. The number of hydrogen-bond acceptors (Lipinski definition) is 8. The molecule has 0 aliphatic carbocycles. The van der Waals surface area contributed by atoms with Crippen molar-refractivity contribution < 1.29 is 39.9 Å². The number of nitrogens with zero attached hydrogens (tertiary/aromatic N) is 5. The number of piperazine rings is 1. The van der Waals surface area contributed by atoms with Crippen LogP contribution in [0, 0.1) is 0 Å². The van der Waals surface area contributed by atoms with E-state index >= 15 is 0 Å². The molecule has 0 amide bonds. The van der Waals surface area contributed by atoms with Crippen LogP contribution >= 0.6 is 0 Å². The zero-order valence-electron chi connectivity index (χ0n) is 19.3. The number of sulfonamides is 1. The summed E-state index contributed by atoms with van der Waals surface area (Å²) in [7, 11) is -3.93. The van der Waals surface area contributed by atoms with Gasteiger partial charge in [0.05, 0.1) is 0 Å². The van der Waals surface area contributed by atoms with Crippen LogP contribution in [0.2, 0.25) is 0 Å². The monoisotopic (exact) mass is 562 g/mol. The number of anilines is 2. The summed E-state index contributed by atoms with van der Waals surface area (Å²) in [4.78, 5) is 13.0. The topological polar surface area (TPSA) is 126 Å². The summed E-state index contributed by atoms with van der Waals surface area (Å²) in [5.74, 6) is 0.133. The van der Waals surface area contributed by atoms with Gasteiger partial charge in [-0.15, -0.1) is 0 Å². The molecule has 1 saturated heterocycles. The van der Waals surface area contributed by atoms with E-state index in [0.717, 1.165) is 6.20 Å². The van der Waals surface area contributed by atoms with Crippen LogP contribution < -0.4 is 10.6 Å². The first kappa shape index (κ1) is 27.5. The third-order valence-electron chi connectivity index (χ3n) is 6.01. The first-order valence-corrected chi connectivity index (χ1v) is 12.3. The smallest absolute Gasteiger partial charge is 0.384 e. The van der Waals surface area contributed by atoms with Gasteiger partial charge in [-0.1, -0.05) is 6.07 Å². The molecule has 3 N–H and O–H groups in total. The van der Waals surface area contributed by atoms with Gasteiger partial charge in [-0.25, -0.2) is 18.4 Å². The van der Waals surface area contributed by atoms with E-state index in [-0.39, 0.29) is 53.8 Å². The van der Waals surface area contributed by atoms with Gasteiger partial charge >= 0.3 is 12.4 Å². The summed E-state index contributed by atoms with van der Waals surface area (Å²) in [5, 5.41) is 9.87. The number of aliphatic hydroxyl groups is 1. The van der Waals surface area contributed by atoms with Crippen molar-refractivity contribution in [1.82, 2.24) is 19.3 Å².